The van der Waals surface area contributed by atoms with Gasteiger partial charge in [-0.15, -0.1) is 5.10 Å². The van der Waals surface area contributed by atoms with Crippen LogP contribution in [0.25, 0.3) is 5.78 Å². The van der Waals surface area contributed by atoms with E-state index in [1.807, 2.05) is 26.2 Å². The van der Waals surface area contributed by atoms with Crippen LogP contribution < -0.4 is 5.32 Å². The highest BCUT2D eigenvalue weighted by Gasteiger charge is 2.35. The summed E-state index contributed by atoms with van der Waals surface area (Å²) < 4.78 is 21.1. The molecule has 0 spiro atoms. The van der Waals surface area contributed by atoms with Gasteiger partial charge >= 0.3 is 0 Å². The quantitative estimate of drug-likeness (QED) is 0.590. The Bertz CT molecular complexity index is 1110. The Hall–Kier alpha value is -2.52. The van der Waals surface area contributed by atoms with Crippen molar-refractivity contribution in [1.82, 2.24) is 24.9 Å². The summed E-state index contributed by atoms with van der Waals surface area (Å²) in [6.45, 7) is 5.43. The minimum absolute atomic E-state index is 0.0974. The van der Waals surface area contributed by atoms with E-state index in [1.54, 1.807) is 16.6 Å². The second-order valence-corrected chi connectivity index (χ2v) is 8.70. The van der Waals surface area contributed by atoms with Gasteiger partial charge in [0.2, 0.25) is 11.1 Å². The number of thioether (sulfide) groups is 1. The van der Waals surface area contributed by atoms with Crippen LogP contribution in [0.2, 0.25) is 0 Å². The number of halogens is 1. The summed E-state index contributed by atoms with van der Waals surface area (Å²) in [5.41, 5.74) is 3.04. The molecule has 1 aromatic carbocycles. The van der Waals surface area contributed by atoms with E-state index >= 15 is 0 Å². The van der Waals surface area contributed by atoms with E-state index in [0.717, 1.165) is 35.4 Å². The van der Waals surface area contributed by atoms with Crippen molar-refractivity contribution < 1.29 is 13.9 Å². The van der Waals surface area contributed by atoms with E-state index in [0.29, 0.717) is 30.7 Å². The van der Waals surface area contributed by atoms with Gasteiger partial charge in [0.15, 0.2) is 0 Å². The van der Waals surface area contributed by atoms with E-state index in [9.17, 15) is 9.18 Å². The standard InChI is InChI=1S/C22H26FN5O2S/c1-14-18(15(2)28-20(25-14)26-21(27-28)31-3)12-19(29)24-13-22(7-9-30-10-8-22)16-5-4-6-17(23)11-16/h4-6,11H,7-10,12-13H2,1-3H3,(H,24,29). The van der Waals surface area contributed by atoms with Crippen LogP contribution in [0.5, 0.6) is 0 Å². The molecule has 0 atom stereocenters. The Morgan fingerprint density at radius 2 is 2.06 bits per heavy atom. The molecule has 0 bridgehead atoms. The number of rotatable bonds is 6. The molecule has 1 aliphatic heterocycles. The largest absolute Gasteiger partial charge is 0.381 e. The molecule has 164 valence electrons. The lowest BCUT2D eigenvalue weighted by atomic mass is 9.74. The molecule has 0 aliphatic carbocycles. The highest BCUT2D eigenvalue weighted by molar-refractivity contribution is 7.98. The zero-order chi connectivity index (χ0) is 22.0. The number of benzene rings is 1. The first-order chi connectivity index (χ1) is 14.9. The zero-order valence-electron chi connectivity index (χ0n) is 17.9. The highest BCUT2D eigenvalue weighted by atomic mass is 32.2. The van der Waals surface area contributed by atoms with Crippen LogP contribution in [0.4, 0.5) is 4.39 Å². The summed E-state index contributed by atoms with van der Waals surface area (Å²) >= 11 is 1.45. The maximum absolute atomic E-state index is 13.9. The molecule has 31 heavy (non-hydrogen) atoms. The lowest BCUT2D eigenvalue weighted by molar-refractivity contribution is -0.121. The Morgan fingerprint density at radius 3 is 2.77 bits per heavy atom. The Balaban J connectivity index is 1.53. The summed E-state index contributed by atoms with van der Waals surface area (Å²) in [5, 5.41) is 8.17. The van der Waals surface area contributed by atoms with Gasteiger partial charge in [-0.2, -0.15) is 4.98 Å². The van der Waals surface area contributed by atoms with Gasteiger partial charge in [0.05, 0.1) is 6.42 Å². The summed E-state index contributed by atoms with van der Waals surface area (Å²) in [5.74, 6) is 0.174. The molecule has 0 saturated carbocycles. The number of amides is 1. The van der Waals surface area contributed by atoms with Crippen molar-refractivity contribution in [2.75, 3.05) is 26.0 Å². The van der Waals surface area contributed by atoms with Crippen LogP contribution in [0.1, 0.15) is 35.4 Å². The van der Waals surface area contributed by atoms with Crippen molar-refractivity contribution in [3.8, 4) is 0 Å². The van der Waals surface area contributed by atoms with Gasteiger partial charge < -0.3 is 10.1 Å². The molecular formula is C22H26FN5O2S. The van der Waals surface area contributed by atoms with Gasteiger partial charge in [-0.05, 0) is 50.6 Å². The van der Waals surface area contributed by atoms with Gasteiger partial charge in [0.25, 0.3) is 5.78 Å². The third-order valence-corrected chi connectivity index (χ3v) is 6.60. The van der Waals surface area contributed by atoms with E-state index in [4.69, 9.17) is 4.74 Å². The number of carbonyl (C=O) groups excluding carboxylic acids is 1. The molecule has 7 nitrogen and oxygen atoms in total. The minimum Gasteiger partial charge on any atom is -0.381 e. The molecule has 1 aliphatic rings. The lowest BCUT2D eigenvalue weighted by Crippen LogP contribution is -2.45. The van der Waals surface area contributed by atoms with Gasteiger partial charge in [0, 0.05) is 42.1 Å². The number of aryl methyl sites for hydroxylation is 2. The van der Waals surface area contributed by atoms with Crippen LogP contribution in [-0.4, -0.2) is 51.5 Å². The average Bonchev–Trinajstić information content (AvgIpc) is 3.19. The second kappa shape index (κ2) is 8.92. The number of ether oxygens (including phenoxy) is 1. The van der Waals surface area contributed by atoms with Gasteiger partial charge in [-0.25, -0.2) is 13.9 Å². The van der Waals surface area contributed by atoms with E-state index < -0.39 is 0 Å². The molecule has 1 saturated heterocycles. The predicted molar refractivity (Wildman–Crippen MR) is 117 cm³/mol. The Morgan fingerprint density at radius 1 is 1.29 bits per heavy atom. The van der Waals surface area contributed by atoms with Crippen molar-refractivity contribution in [2.45, 2.75) is 43.7 Å². The summed E-state index contributed by atoms with van der Waals surface area (Å²) in [6, 6.07) is 6.66. The maximum Gasteiger partial charge on any atom is 0.253 e. The monoisotopic (exact) mass is 443 g/mol. The van der Waals surface area contributed by atoms with E-state index in [-0.39, 0.29) is 23.6 Å². The Labute approximate surface area is 184 Å². The number of nitrogens with zero attached hydrogens (tertiary/aromatic N) is 4. The van der Waals surface area contributed by atoms with Crippen LogP contribution in [0.3, 0.4) is 0 Å². The number of aromatic nitrogens is 4. The number of carbonyl (C=O) groups is 1. The zero-order valence-corrected chi connectivity index (χ0v) is 18.8. The normalized spacial score (nSPS) is 15.9. The molecule has 0 radical (unpaired) electrons. The first-order valence-electron chi connectivity index (χ1n) is 10.3. The molecule has 1 amide bonds. The summed E-state index contributed by atoms with van der Waals surface area (Å²) in [4.78, 5) is 21.8. The average molecular weight is 444 g/mol. The van der Waals surface area contributed by atoms with E-state index in [2.05, 4.69) is 20.4 Å². The van der Waals surface area contributed by atoms with Crippen LogP contribution in [0, 0.1) is 19.7 Å². The molecule has 2 aromatic heterocycles. The summed E-state index contributed by atoms with van der Waals surface area (Å²) in [6.07, 6.45) is 3.58. The van der Waals surface area contributed by atoms with Crippen molar-refractivity contribution >= 4 is 23.4 Å². The molecule has 3 heterocycles. The van der Waals surface area contributed by atoms with Gasteiger partial charge in [-0.3, -0.25) is 4.79 Å². The number of fused-ring (bicyclic) bond motifs is 1. The molecule has 1 N–H and O–H groups in total. The second-order valence-electron chi connectivity index (χ2n) is 7.93. The molecule has 9 heteroatoms. The van der Waals surface area contributed by atoms with Crippen LogP contribution in [-0.2, 0) is 21.4 Å². The van der Waals surface area contributed by atoms with Crippen molar-refractivity contribution in [2.24, 2.45) is 0 Å². The fourth-order valence-electron chi connectivity index (χ4n) is 4.17. The first kappa shape index (κ1) is 21.7. The van der Waals surface area contributed by atoms with Crippen molar-refractivity contribution in [3.05, 3.63) is 52.6 Å². The van der Waals surface area contributed by atoms with Gasteiger partial charge in [0.1, 0.15) is 5.82 Å². The van der Waals surface area contributed by atoms with Crippen molar-refractivity contribution in [1.29, 1.82) is 0 Å². The third kappa shape index (κ3) is 4.43. The fourth-order valence-corrected chi connectivity index (χ4v) is 4.51. The lowest BCUT2D eigenvalue weighted by Gasteiger charge is -2.38. The molecule has 3 aromatic rings. The van der Waals surface area contributed by atoms with Crippen LogP contribution >= 0.6 is 11.8 Å². The summed E-state index contributed by atoms with van der Waals surface area (Å²) in [7, 11) is 0. The Kier molecular flexibility index (Phi) is 6.24. The number of hydrogen-bond donors (Lipinski definition) is 1. The third-order valence-electron chi connectivity index (χ3n) is 6.06. The predicted octanol–water partition coefficient (Wildman–Crippen LogP) is 3.01. The fraction of sp³-hybridized carbons (Fsp3) is 0.455. The van der Waals surface area contributed by atoms with Gasteiger partial charge in [-0.1, -0.05) is 23.9 Å². The smallest absolute Gasteiger partial charge is 0.253 e. The van der Waals surface area contributed by atoms with Crippen molar-refractivity contribution in [3.63, 3.8) is 0 Å². The maximum atomic E-state index is 13.9. The number of nitrogens with one attached hydrogen (secondary N) is 1. The molecule has 0 unspecified atom stereocenters. The highest BCUT2D eigenvalue weighted by Crippen LogP contribution is 2.34. The SMILES string of the molecule is CSc1nc2nc(C)c(CC(=O)NCC3(c4cccc(F)c4)CCOCC3)c(C)n2n1. The molecule has 1 fully saturated rings. The number of hydrogen-bond acceptors (Lipinski definition) is 6. The molecular weight excluding hydrogens is 417 g/mol. The first-order valence-corrected chi connectivity index (χ1v) is 11.5. The van der Waals surface area contributed by atoms with Crippen LogP contribution in [0.15, 0.2) is 29.4 Å². The topological polar surface area (TPSA) is 81.4 Å². The van der Waals surface area contributed by atoms with E-state index in [1.165, 1.54) is 17.8 Å². The molecule has 4 rings (SSSR count). The minimum atomic E-state index is -0.332.